The van der Waals surface area contributed by atoms with Gasteiger partial charge in [0.15, 0.2) is 0 Å². The van der Waals surface area contributed by atoms with Crippen molar-refractivity contribution in [2.45, 2.75) is 19.6 Å². The highest BCUT2D eigenvalue weighted by Crippen LogP contribution is 2.52. The Kier molecular flexibility index (Phi) is 8.50. The summed E-state index contributed by atoms with van der Waals surface area (Å²) in [5.74, 6) is -0.593. The monoisotopic (exact) mass is 313 g/mol. The third-order valence-electron chi connectivity index (χ3n) is 2.69. The van der Waals surface area contributed by atoms with Crippen LogP contribution in [-0.2, 0) is 13.6 Å². The molecule has 0 amide bonds. The predicted molar refractivity (Wildman–Crippen MR) is 85.2 cm³/mol. The molecule has 0 aromatic heterocycles. The minimum absolute atomic E-state index is 0.0477. The summed E-state index contributed by atoms with van der Waals surface area (Å²) in [7, 11) is -3.31. The first-order valence-corrected chi connectivity index (χ1v) is 8.73. The maximum atomic E-state index is 12.8. The van der Waals surface area contributed by atoms with E-state index in [9.17, 15) is 4.57 Å². The minimum Gasteiger partial charge on any atom is -0.395 e. The lowest BCUT2D eigenvalue weighted by Crippen LogP contribution is -2.31. The molecule has 1 atom stereocenters. The molecule has 6 heteroatoms. The fourth-order valence-electron chi connectivity index (χ4n) is 1.82. The molecule has 21 heavy (non-hydrogen) atoms. The summed E-state index contributed by atoms with van der Waals surface area (Å²) in [5.41, 5.74) is 0.993. The van der Waals surface area contributed by atoms with Gasteiger partial charge in [-0.1, -0.05) is 42.5 Å². The number of benzene rings is 1. The van der Waals surface area contributed by atoms with Gasteiger partial charge in [-0.2, -0.15) is 0 Å². The van der Waals surface area contributed by atoms with Crippen LogP contribution in [0.4, 0.5) is 0 Å². The van der Waals surface area contributed by atoms with Crippen molar-refractivity contribution >= 4 is 13.7 Å². The van der Waals surface area contributed by atoms with Crippen molar-refractivity contribution in [2.24, 2.45) is 0 Å². The molecule has 0 aliphatic rings. The third-order valence-corrected chi connectivity index (χ3v) is 4.97. The first-order chi connectivity index (χ1) is 10.2. The fourth-order valence-corrected chi connectivity index (χ4v) is 3.59. The maximum Gasteiger partial charge on any atom is 0.351 e. The highest BCUT2D eigenvalue weighted by molar-refractivity contribution is 7.54. The third kappa shape index (κ3) is 6.12. The van der Waals surface area contributed by atoms with E-state index in [1.54, 1.807) is 19.9 Å². The van der Waals surface area contributed by atoms with Crippen LogP contribution in [0.2, 0.25) is 0 Å². The van der Waals surface area contributed by atoms with Crippen molar-refractivity contribution in [1.82, 2.24) is 5.32 Å². The van der Waals surface area contributed by atoms with Crippen LogP contribution in [0.25, 0.3) is 6.08 Å². The molecule has 2 N–H and O–H groups in total. The maximum absolute atomic E-state index is 12.8. The van der Waals surface area contributed by atoms with Crippen molar-refractivity contribution in [1.29, 1.82) is 0 Å². The van der Waals surface area contributed by atoms with Crippen molar-refractivity contribution < 1.29 is 18.7 Å². The van der Waals surface area contributed by atoms with E-state index < -0.39 is 13.4 Å². The molecule has 1 unspecified atom stereocenters. The van der Waals surface area contributed by atoms with Crippen LogP contribution in [0.1, 0.15) is 19.4 Å². The molecule has 0 bridgehead atoms. The fraction of sp³-hybridized carbons (Fsp3) is 0.467. The van der Waals surface area contributed by atoms with Crippen molar-refractivity contribution in [3.63, 3.8) is 0 Å². The lowest BCUT2D eigenvalue weighted by Gasteiger charge is -2.24. The average Bonchev–Trinajstić information content (AvgIpc) is 2.48. The van der Waals surface area contributed by atoms with Crippen LogP contribution in [0.5, 0.6) is 0 Å². The first-order valence-electron chi connectivity index (χ1n) is 7.12. The molecule has 0 aliphatic carbocycles. The minimum atomic E-state index is -3.31. The second-order valence-electron chi connectivity index (χ2n) is 4.27. The van der Waals surface area contributed by atoms with Gasteiger partial charge in [-0.05, 0) is 19.4 Å². The van der Waals surface area contributed by atoms with E-state index in [1.807, 2.05) is 36.4 Å². The normalized spacial score (nSPS) is 13.7. The Balaban J connectivity index is 2.92. The zero-order chi connectivity index (χ0) is 15.6. The Bertz CT molecular complexity index is 454. The molecule has 0 saturated heterocycles. The van der Waals surface area contributed by atoms with Gasteiger partial charge in [-0.25, -0.2) is 0 Å². The zero-order valence-electron chi connectivity index (χ0n) is 12.6. The van der Waals surface area contributed by atoms with Crippen molar-refractivity contribution in [3.05, 3.63) is 42.0 Å². The molecule has 118 valence electrons. The van der Waals surface area contributed by atoms with Crippen molar-refractivity contribution in [3.8, 4) is 0 Å². The van der Waals surface area contributed by atoms with E-state index in [0.29, 0.717) is 19.8 Å². The van der Waals surface area contributed by atoms with Crippen LogP contribution >= 0.6 is 7.60 Å². The molecule has 5 nitrogen and oxygen atoms in total. The number of rotatable bonds is 10. The van der Waals surface area contributed by atoms with Crippen LogP contribution in [-0.4, -0.2) is 37.3 Å². The first kappa shape index (κ1) is 18.1. The van der Waals surface area contributed by atoms with Gasteiger partial charge in [0.25, 0.3) is 0 Å². The number of aliphatic hydroxyl groups is 1. The largest absolute Gasteiger partial charge is 0.395 e. The lowest BCUT2D eigenvalue weighted by molar-refractivity contribution is 0.210. The van der Waals surface area contributed by atoms with Crippen LogP contribution in [0.3, 0.4) is 0 Å². The highest BCUT2D eigenvalue weighted by Gasteiger charge is 2.33. The van der Waals surface area contributed by atoms with Gasteiger partial charge >= 0.3 is 7.60 Å². The Morgan fingerprint density at radius 2 is 1.86 bits per heavy atom. The number of aliphatic hydroxyl groups excluding tert-OH is 1. The van der Waals surface area contributed by atoms with E-state index in [1.165, 1.54) is 0 Å². The molecule has 0 aliphatic heterocycles. The van der Waals surface area contributed by atoms with Crippen LogP contribution < -0.4 is 5.32 Å². The van der Waals surface area contributed by atoms with E-state index in [0.717, 1.165) is 5.56 Å². The van der Waals surface area contributed by atoms with Gasteiger partial charge < -0.3 is 14.2 Å². The van der Waals surface area contributed by atoms with Gasteiger partial charge in [0, 0.05) is 6.54 Å². The molecule has 0 radical (unpaired) electrons. The second kappa shape index (κ2) is 9.87. The quantitative estimate of drug-likeness (QED) is 0.650. The summed E-state index contributed by atoms with van der Waals surface area (Å²) in [5, 5.41) is 12.0. The number of hydrogen-bond acceptors (Lipinski definition) is 5. The number of nitrogens with one attached hydrogen (secondary N) is 1. The Morgan fingerprint density at radius 3 is 2.38 bits per heavy atom. The summed E-state index contributed by atoms with van der Waals surface area (Å²) < 4.78 is 23.5. The smallest absolute Gasteiger partial charge is 0.351 e. The second-order valence-corrected chi connectivity index (χ2v) is 6.42. The zero-order valence-corrected chi connectivity index (χ0v) is 13.5. The van der Waals surface area contributed by atoms with Gasteiger partial charge in [-0.15, -0.1) is 0 Å². The SMILES string of the molecule is CCOP(=O)(OCC)C(/C=C/c1ccccc1)NCCO. The lowest BCUT2D eigenvalue weighted by atomic mass is 10.2. The Hall–Kier alpha value is -0.970. The molecule has 0 heterocycles. The Labute approximate surface area is 126 Å². The summed E-state index contributed by atoms with van der Waals surface area (Å²) in [6.07, 6.45) is 3.62. The van der Waals surface area contributed by atoms with Gasteiger partial charge in [0.2, 0.25) is 0 Å². The van der Waals surface area contributed by atoms with Crippen LogP contribution in [0, 0.1) is 0 Å². The molecular weight excluding hydrogens is 289 g/mol. The molecule has 0 fully saturated rings. The average molecular weight is 313 g/mol. The van der Waals surface area contributed by atoms with E-state index in [-0.39, 0.29) is 6.61 Å². The van der Waals surface area contributed by atoms with E-state index in [2.05, 4.69) is 5.32 Å². The van der Waals surface area contributed by atoms with Gasteiger partial charge in [0.05, 0.1) is 19.8 Å². The van der Waals surface area contributed by atoms with Crippen molar-refractivity contribution in [2.75, 3.05) is 26.4 Å². The van der Waals surface area contributed by atoms with Gasteiger partial charge in [-0.3, -0.25) is 9.88 Å². The molecule has 0 spiro atoms. The van der Waals surface area contributed by atoms with Gasteiger partial charge in [0.1, 0.15) is 5.78 Å². The van der Waals surface area contributed by atoms with E-state index in [4.69, 9.17) is 14.2 Å². The molecule has 0 saturated carbocycles. The number of hydrogen-bond donors (Lipinski definition) is 2. The summed E-state index contributed by atoms with van der Waals surface area (Å²) in [4.78, 5) is 0. The topological polar surface area (TPSA) is 67.8 Å². The highest BCUT2D eigenvalue weighted by atomic mass is 31.2. The summed E-state index contributed by atoms with van der Waals surface area (Å²) in [6.45, 7) is 4.41. The molecule has 1 aromatic rings. The Morgan fingerprint density at radius 1 is 1.24 bits per heavy atom. The summed E-state index contributed by atoms with van der Waals surface area (Å²) in [6, 6.07) is 9.70. The molecule has 1 rings (SSSR count). The molecule has 1 aromatic carbocycles. The molecular formula is C15H24NO4P. The predicted octanol–water partition coefficient (Wildman–Crippen LogP) is 2.87. The summed E-state index contributed by atoms with van der Waals surface area (Å²) >= 11 is 0. The van der Waals surface area contributed by atoms with Crippen LogP contribution in [0.15, 0.2) is 36.4 Å². The standard InChI is InChI=1S/C15H24NO4P/c1-3-19-21(18,20-4-2)15(16-12-13-17)11-10-14-8-6-5-7-9-14/h5-11,15-17H,3-4,12-13H2,1-2H3/b11-10+. The van der Waals surface area contributed by atoms with E-state index >= 15 is 0 Å².